The summed E-state index contributed by atoms with van der Waals surface area (Å²) >= 11 is 1.86. The summed E-state index contributed by atoms with van der Waals surface area (Å²) in [6.45, 7) is 0. The third kappa shape index (κ3) is 3.51. The molecule has 1 aliphatic rings. The first-order chi connectivity index (χ1) is 16.8. The largest absolute Gasteiger partial charge is 0.234 e. The van der Waals surface area contributed by atoms with E-state index in [4.69, 9.17) is 0 Å². The minimum Gasteiger partial charge on any atom is -0.234 e. The molecule has 1 saturated heterocycles. The van der Waals surface area contributed by atoms with Gasteiger partial charge in [-0.2, -0.15) is 0 Å². The van der Waals surface area contributed by atoms with Crippen molar-refractivity contribution < 1.29 is 0 Å². The van der Waals surface area contributed by atoms with Crippen molar-refractivity contribution in [3.8, 4) is 33.4 Å². The summed E-state index contributed by atoms with van der Waals surface area (Å²) in [4.78, 5) is 0. The highest BCUT2D eigenvalue weighted by Gasteiger charge is 2.23. The molecule has 1 aliphatic heterocycles. The van der Waals surface area contributed by atoms with E-state index in [2.05, 4.69) is 126 Å². The van der Waals surface area contributed by atoms with Gasteiger partial charge < -0.3 is 0 Å². The summed E-state index contributed by atoms with van der Waals surface area (Å²) in [7, 11) is 0. The van der Waals surface area contributed by atoms with Gasteiger partial charge in [-0.1, -0.05) is 72.8 Å². The smallest absolute Gasteiger partial charge is 0.109 e. The molecule has 1 fully saturated rings. The Morgan fingerprint density at radius 2 is 1.06 bits per heavy atom. The maximum Gasteiger partial charge on any atom is 0.109 e. The Morgan fingerprint density at radius 3 is 1.85 bits per heavy atom. The summed E-state index contributed by atoms with van der Waals surface area (Å²) in [6.07, 6.45) is 0.210. The molecule has 7 rings (SSSR count). The molecule has 3 heteroatoms. The number of rotatable bonds is 4. The van der Waals surface area contributed by atoms with Gasteiger partial charge in [-0.05, 0) is 81.4 Å². The Bertz CT molecular complexity index is 1660. The number of hydrogen-bond acceptors (Lipinski definition) is 3. The lowest BCUT2D eigenvalue weighted by molar-refractivity contribution is 1.06. The third-order valence-corrected chi connectivity index (χ3v) is 7.74. The zero-order valence-electron chi connectivity index (χ0n) is 18.5. The second kappa shape index (κ2) is 7.93. The second-order valence-electron chi connectivity index (χ2n) is 8.82. The predicted octanol–water partition coefficient (Wildman–Crippen LogP) is 8.16. The van der Waals surface area contributed by atoms with Crippen molar-refractivity contribution in [2.24, 2.45) is 0 Å². The van der Waals surface area contributed by atoms with Crippen LogP contribution in [0.4, 0.5) is 0 Å². The Labute approximate surface area is 202 Å². The van der Waals surface area contributed by atoms with Crippen molar-refractivity contribution in [3.05, 3.63) is 121 Å². The Balaban J connectivity index is 1.37. The molecule has 0 radical (unpaired) electrons. The first-order valence-corrected chi connectivity index (χ1v) is 12.4. The maximum absolute atomic E-state index is 3.25. The molecule has 0 amide bonds. The molecule has 5 aromatic carbocycles. The highest BCUT2D eigenvalue weighted by Crippen LogP contribution is 2.38. The van der Waals surface area contributed by atoms with Gasteiger partial charge in [-0.25, -0.2) is 10.9 Å². The van der Waals surface area contributed by atoms with Crippen molar-refractivity contribution in [3.63, 3.8) is 0 Å². The fourth-order valence-corrected chi connectivity index (χ4v) is 5.86. The van der Waals surface area contributed by atoms with Crippen LogP contribution in [0.5, 0.6) is 0 Å². The maximum atomic E-state index is 3.25. The first-order valence-electron chi connectivity index (χ1n) is 11.6. The molecule has 2 nitrogen and oxygen atoms in total. The van der Waals surface area contributed by atoms with E-state index in [1.165, 1.54) is 59.1 Å². The van der Waals surface area contributed by atoms with E-state index < -0.39 is 0 Å². The molecule has 0 unspecified atom stereocenters. The molecule has 0 aliphatic carbocycles. The first kappa shape index (κ1) is 19.7. The van der Waals surface area contributed by atoms with E-state index in [-0.39, 0.29) is 6.17 Å². The van der Waals surface area contributed by atoms with Crippen LogP contribution in [0.15, 0.2) is 115 Å². The SMILES string of the molecule is c1ccc(-c2cccc(-c3cc(-c4ccc5sc6ccccc6c5c4)cc(C4NN4)c3)c2)cc1. The molecule has 0 spiro atoms. The van der Waals surface area contributed by atoms with Gasteiger partial charge in [-0.3, -0.25) is 0 Å². The van der Waals surface area contributed by atoms with Gasteiger partial charge in [0.25, 0.3) is 0 Å². The number of thiophene rings is 1. The zero-order chi connectivity index (χ0) is 22.5. The Kier molecular flexibility index (Phi) is 4.59. The molecule has 2 heterocycles. The molecule has 162 valence electrons. The van der Waals surface area contributed by atoms with Crippen molar-refractivity contribution in [1.82, 2.24) is 10.9 Å². The number of fused-ring (bicyclic) bond motifs is 3. The summed E-state index contributed by atoms with van der Waals surface area (Å²) in [5, 5.41) is 2.67. The van der Waals surface area contributed by atoms with Crippen molar-refractivity contribution in [1.29, 1.82) is 0 Å². The lowest BCUT2D eigenvalue weighted by atomic mass is 9.93. The van der Waals surface area contributed by atoms with E-state index in [1.807, 2.05) is 11.3 Å². The van der Waals surface area contributed by atoms with Crippen LogP contribution in [-0.2, 0) is 0 Å². The normalized spacial score (nSPS) is 13.5. The minimum absolute atomic E-state index is 0.210. The number of hydrogen-bond donors (Lipinski definition) is 2. The monoisotopic (exact) mass is 454 g/mol. The number of benzene rings is 5. The van der Waals surface area contributed by atoms with Crippen LogP contribution in [0.1, 0.15) is 11.7 Å². The molecule has 0 saturated carbocycles. The standard InChI is InChI=1S/C31H22N2S/c1-2-7-20(8-3-1)21-9-6-10-22(15-21)24-16-25(18-26(17-24)31-32-33-31)23-13-14-30-28(19-23)27-11-4-5-12-29(27)34-30/h1-19,31-33H. The lowest BCUT2D eigenvalue weighted by Crippen LogP contribution is -1.90. The van der Waals surface area contributed by atoms with Crippen LogP contribution in [0.25, 0.3) is 53.6 Å². The van der Waals surface area contributed by atoms with Gasteiger partial charge in [-0.15, -0.1) is 11.3 Å². The molecule has 1 aromatic heterocycles. The van der Waals surface area contributed by atoms with E-state index in [9.17, 15) is 0 Å². The van der Waals surface area contributed by atoms with Crippen molar-refractivity contribution in [2.45, 2.75) is 6.17 Å². The molecule has 2 N–H and O–H groups in total. The lowest BCUT2D eigenvalue weighted by Gasteiger charge is -2.11. The highest BCUT2D eigenvalue weighted by molar-refractivity contribution is 7.25. The Morgan fingerprint density at radius 1 is 0.441 bits per heavy atom. The average molecular weight is 455 g/mol. The van der Waals surface area contributed by atoms with Gasteiger partial charge in [0.15, 0.2) is 0 Å². The molecule has 34 heavy (non-hydrogen) atoms. The zero-order valence-corrected chi connectivity index (χ0v) is 19.3. The molecular formula is C31H22N2S. The quantitative estimate of drug-likeness (QED) is 0.264. The van der Waals surface area contributed by atoms with Crippen molar-refractivity contribution in [2.75, 3.05) is 0 Å². The molecular weight excluding hydrogens is 432 g/mol. The van der Waals surface area contributed by atoms with Crippen LogP contribution >= 0.6 is 11.3 Å². The fraction of sp³-hybridized carbons (Fsp3) is 0.0323. The predicted molar refractivity (Wildman–Crippen MR) is 145 cm³/mol. The van der Waals surface area contributed by atoms with Crippen LogP contribution in [0.2, 0.25) is 0 Å². The second-order valence-corrected chi connectivity index (χ2v) is 9.91. The van der Waals surface area contributed by atoms with E-state index >= 15 is 0 Å². The van der Waals surface area contributed by atoms with Gasteiger partial charge in [0.1, 0.15) is 6.17 Å². The minimum atomic E-state index is 0.210. The van der Waals surface area contributed by atoms with Crippen molar-refractivity contribution >= 4 is 31.5 Å². The van der Waals surface area contributed by atoms with Crippen LogP contribution in [0, 0.1) is 0 Å². The number of nitrogens with one attached hydrogen (secondary N) is 2. The Hall–Kier alpha value is -3.76. The average Bonchev–Trinajstić information content (AvgIpc) is 3.70. The molecule has 0 bridgehead atoms. The van der Waals surface area contributed by atoms with Gasteiger partial charge >= 0.3 is 0 Å². The van der Waals surface area contributed by atoms with Gasteiger partial charge in [0.2, 0.25) is 0 Å². The topological polar surface area (TPSA) is 43.9 Å². The summed E-state index contributed by atoms with van der Waals surface area (Å²) < 4.78 is 2.68. The van der Waals surface area contributed by atoms with Crippen LogP contribution in [0.3, 0.4) is 0 Å². The van der Waals surface area contributed by atoms with E-state index in [0.717, 1.165) is 0 Å². The molecule has 0 atom stereocenters. The highest BCUT2D eigenvalue weighted by atomic mass is 32.1. The fourth-order valence-electron chi connectivity index (χ4n) is 4.77. The van der Waals surface area contributed by atoms with Crippen LogP contribution < -0.4 is 10.9 Å². The third-order valence-electron chi connectivity index (χ3n) is 6.59. The summed E-state index contributed by atoms with van der Waals surface area (Å²) in [5.41, 5.74) is 15.2. The summed E-state index contributed by atoms with van der Waals surface area (Å²) in [5.74, 6) is 0. The summed E-state index contributed by atoms with van der Waals surface area (Å²) in [6, 6.07) is 41.9. The van der Waals surface area contributed by atoms with E-state index in [1.54, 1.807) is 0 Å². The van der Waals surface area contributed by atoms with E-state index in [0.29, 0.717) is 0 Å². The molecule has 6 aromatic rings. The van der Waals surface area contributed by atoms with Crippen LogP contribution in [-0.4, -0.2) is 0 Å². The van der Waals surface area contributed by atoms with Gasteiger partial charge in [0, 0.05) is 20.2 Å². The van der Waals surface area contributed by atoms with Gasteiger partial charge in [0.05, 0.1) is 0 Å². The number of hydrazine groups is 1.